The molecule has 0 saturated heterocycles. The first-order valence-corrected chi connectivity index (χ1v) is 9.29. The van der Waals surface area contributed by atoms with Gasteiger partial charge in [-0.05, 0) is 49.1 Å². The van der Waals surface area contributed by atoms with Gasteiger partial charge < -0.3 is 20.1 Å². The van der Waals surface area contributed by atoms with Gasteiger partial charge in [0.05, 0.1) is 16.6 Å². The van der Waals surface area contributed by atoms with Crippen molar-refractivity contribution in [3.05, 3.63) is 52.8 Å². The van der Waals surface area contributed by atoms with E-state index in [1.54, 1.807) is 13.0 Å². The van der Waals surface area contributed by atoms with Crippen LogP contribution in [0.25, 0.3) is 11.0 Å². The molecular weight excluding hydrogens is 342 g/mol. The molecule has 1 fully saturated rings. The van der Waals surface area contributed by atoms with Gasteiger partial charge in [-0.3, -0.25) is 4.79 Å². The summed E-state index contributed by atoms with van der Waals surface area (Å²) in [5.74, 6) is 0.0230. The smallest absolute Gasteiger partial charge is 0.255 e. The summed E-state index contributed by atoms with van der Waals surface area (Å²) in [5.41, 5.74) is 3.61. The van der Waals surface area contributed by atoms with Gasteiger partial charge in [-0.25, -0.2) is 4.98 Å². The number of amides is 1. The maximum Gasteiger partial charge on any atom is 0.255 e. The average Bonchev–Trinajstić information content (AvgIpc) is 3.44. The number of rotatable bonds is 5. The average molecular weight is 365 g/mol. The fraction of sp³-hybridized carbons (Fsp3) is 0.333. The topological polar surface area (TPSA) is 87.4 Å². The van der Waals surface area contributed by atoms with Gasteiger partial charge in [-0.15, -0.1) is 0 Å². The molecule has 4 rings (SSSR count). The Morgan fingerprint density at radius 3 is 2.70 bits per heavy atom. The van der Waals surface area contributed by atoms with E-state index in [4.69, 9.17) is 4.98 Å². The number of phenolic OH excluding ortho intramolecular Hbond substituents is 2. The number of carbonyl (C=O) groups is 1. The predicted octanol–water partition coefficient (Wildman–Crippen LogP) is 3.58. The van der Waals surface area contributed by atoms with Crippen LogP contribution in [0.3, 0.4) is 0 Å². The minimum absolute atomic E-state index is 0.0606. The quantitative estimate of drug-likeness (QED) is 0.603. The lowest BCUT2D eigenvalue weighted by molar-refractivity contribution is 0.0947. The number of hydrogen-bond donors (Lipinski definition) is 3. The van der Waals surface area contributed by atoms with Crippen LogP contribution >= 0.6 is 0 Å². The van der Waals surface area contributed by atoms with Gasteiger partial charge in [0.25, 0.3) is 5.91 Å². The van der Waals surface area contributed by atoms with Crippen LogP contribution in [0.5, 0.6) is 11.5 Å². The number of fused-ring (bicyclic) bond motifs is 1. The van der Waals surface area contributed by atoms with E-state index in [1.807, 2.05) is 12.1 Å². The van der Waals surface area contributed by atoms with Crippen molar-refractivity contribution >= 4 is 16.9 Å². The fourth-order valence-electron chi connectivity index (χ4n) is 3.44. The molecule has 27 heavy (non-hydrogen) atoms. The fourth-order valence-corrected chi connectivity index (χ4v) is 3.44. The SMILES string of the molecule is CCc1nc2cc(CNC(=O)c3ccc(C)c(O)c3O)ccc2n1C1CC1. The highest BCUT2D eigenvalue weighted by Gasteiger charge is 2.27. The first-order chi connectivity index (χ1) is 13.0. The van der Waals surface area contributed by atoms with E-state index < -0.39 is 11.7 Å². The number of aromatic nitrogens is 2. The van der Waals surface area contributed by atoms with Gasteiger partial charge in [-0.2, -0.15) is 0 Å². The molecule has 6 heteroatoms. The summed E-state index contributed by atoms with van der Waals surface area (Å²) in [6.07, 6.45) is 3.32. The number of hydrogen-bond acceptors (Lipinski definition) is 4. The van der Waals surface area contributed by atoms with Crippen molar-refractivity contribution in [2.75, 3.05) is 0 Å². The number of benzene rings is 2. The molecular formula is C21H23N3O3. The molecule has 0 spiro atoms. The first kappa shape index (κ1) is 17.4. The second-order valence-corrected chi connectivity index (χ2v) is 7.12. The number of aromatic hydroxyl groups is 2. The summed E-state index contributed by atoms with van der Waals surface area (Å²) in [5, 5.41) is 22.6. The minimum Gasteiger partial charge on any atom is -0.504 e. The molecule has 0 aliphatic heterocycles. The number of nitrogens with one attached hydrogen (secondary N) is 1. The van der Waals surface area contributed by atoms with Gasteiger partial charge in [0.15, 0.2) is 11.5 Å². The zero-order valence-corrected chi connectivity index (χ0v) is 15.5. The zero-order chi connectivity index (χ0) is 19.1. The van der Waals surface area contributed by atoms with E-state index in [0.29, 0.717) is 18.2 Å². The monoisotopic (exact) mass is 365 g/mol. The number of phenols is 2. The normalized spacial score (nSPS) is 13.9. The van der Waals surface area contributed by atoms with Crippen LogP contribution in [-0.4, -0.2) is 25.7 Å². The van der Waals surface area contributed by atoms with Crippen molar-refractivity contribution in [1.29, 1.82) is 0 Å². The van der Waals surface area contributed by atoms with Gasteiger partial charge >= 0.3 is 0 Å². The standard InChI is InChI=1S/C21H23N3O3/c1-3-18-23-16-10-13(5-9-17(16)24(18)14-6-7-14)11-22-21(27)15-8-4-12(2)19(25)20(15)26/h4-5,8-10,14,25-26H,3,6-7,11H2,1-2H3,(H,22,27). The summed E-state index contributed by atoms with van der Waals surface area (Å²) >= 11 is 0. The second-order valence-electron chi connectivity index (χ2n) is 7.12. The van der Waals surface area contributed by atoms with E-state index in [1.165, 1.54) is 18.9 Å². The lowest BCUT2D eigenvalue weighted by Gasteiger charge is -2.10. The first-order valence-electron chi connectivity index (χ1n) is 9.29. The third kappa shape index (κ3) is 3.12. The maximum absolute atomic E-state index is 12.4. The summed E-state index contributed by atoms with van der Waals surface area (Å²) in [6, 6.07) is 9.75. The van der Waals surface area contributed by atoms with Gasteiger partial charge in [0, 0.05) is 19.0 Å². The summed E-state index contributed by atoms with van der Waals surface area (Å²) in [4.78, 5) is 17.1. The van der Waals surface area contributed by atoms with E-state index >= 15 is 0 Å². The van der Waals surface area contributed by atoms with Crippen LogP contribution < -0.4 is 5.32 Å². The Labute approximate surface area is 157 Å². The van der Waals surface area contributed by atoms with E-state index in [-0.39, 0.29) is 11.3 Å². The molecule has 1 aromatic heterocycles. The number of imidazole rings is 1. The molecule has 3 N–H and O–H groups in total. The number of nitrogens with zero attached hydrogens (tertiary/aromatic N) is 2. The Bertz CT molecular complexity index is 1030. The maximum atomic E-state index is 12.4. The number of aryl methyl sites for hydroxylation is 2. The zero-order valence-electron chi connectivity index (χ0n) is 15.5. The largest absolute Gasteiger partial charge is 0.504 e. The molecule has 6 nitrogen and oxygen atoms in total. The summed E-state index contributed by atoms with van der Waals surface area (Å²) in [7, 11) is 0. The second kappa shape index (κ2) is 6.61. The Kier molecular flexibility index (Phi) is 4.26. The van der Waals surface area contributed by atoms with Crippen LogP contribution in [-0.2, 0) is 13.0 Å². The highest BCUT2D eigenvalue weighted by Crippen LogP contribution is 2.39. The van der Waals surface area contributed by atoms with Crippen molar-refractivity contribution in [1.82, 2.24) is 14.9 Å². The molecule has 1 aliphatic rings. The van der Waals surface area contributed by atoms with Gasteiger partial charge in [0.2, 0.25) is 0 Å². The van der Waals surface area contributed by atoms with Gasteiger partial charge in [-0.1, -0.05) is 19.1 Å². The Hall–Kier alpha value is -3.02. The van der Waals surface area contributed by atoms with E-state index in [9.17, 15) is 15.0 Å². The van der Waals surface area contributed by atoms with Crippen LogP contribution in [0, 0.1) is 6.92 Å². The molecule has 3 aromatic rings. The lowest BCUT2D eigenvalue weighted by atomic mass is 10.1. The van der Waals surface area contributed by atoms with Crippen molar-refractivity contribution in [2.45, 2.75) is 45.7 Å². The predicted molar refractivity (Wildman–Crippen MR) is 103 cm³/mol. The third-order valence-electron chi connectivity index (χ3n) is 5.11. The highest BCUT2D eigenvalue weighted by molar-refractivity contribution is 5.97. The molecule has 0 radical (unpaired) electrons. The molecule has 1 amide bonds. The Balaban J connectivity index is 1.54. The highest BCUT2D eigenvalue weighted by atomic mass is 16.3. The van der Waals surface area contributed by atoms with E-state index in [0.717, 1.165) is 28.8 Å². The molecule has 0 atom stereocenters. The Morgan fingerprint density at radius 1 is 1.22 bits per heavy atom. The van der Waals surface area contributed by atoms with Crippen molar-refractivity contribution in [3.63, 3.8) is 0 Å². The van der Waals surface area contributed by atoms with Crippen LogP contribution in [0.15, 0.2) is 30.3 Å². The van der Waals surface area contributed by atoms with Crippen molar-refractivity contribution in [3.8, 4) is 11.5 Å². The molecule has 140 valence electrons. The summed E-state index contributed by atoms with van der Waals surface area (Å²) < 4.78 is 2.34. The third-order valence-corrected chi connectivity index (χ3v) is 5.11. The van der Waals surface area contributed by atoms with Crippen molar-refractivity contribution < 1.29 is 15.0 Å². The molecule has 2 aromatic carbocycles. The summed E-state index contributed by atoms with van der Waals surface area (Å²) in [6.45, 7) is 4.10. The van der Waals surface area contributed by atoms with E-state index in [2.05, 4.69) is 22.9 Å². The van der Waals surface area contributed by atoms with Crippen molar-refractivity contribution in [2.24, 2.45) is 0 Å². The van der Waals surface area contributed by atoms with Crippen LogP contribution in [0.2, 0.25) is 0 Å². The minimum atomic E-state index is -0.430. The number of carbonyl (C=O) groups excluding carboxylic acids is 1. The molecule has 1 saturated carbocycles. The van der Waals surface area contributed by atoms with Gasteiger partial charge in [0.1, 0.15) is 5.82 Å². The molecule has 1 heterocycles. The Morgan fingerprint density at radius 2 is 2.00 bits per heavy atom. The molecule has 0 unspecified atom stereocenters. The van der Waals surface area contributed by atoms with Crippen LogP contribution in [0.4, 0.5) is 0 Å². The molecule has 1 aliphatic carbocycles. The molecule has 0 bridgehead atoms. The lowest BCUT2D eigenvalue weighted by Crippen LogP contribution is -2.22. The van der Waals surface area contributed by atoms with Crippen LogP contribution in [0.1, 0.15) is 53.1 Å².